The zero-order valence-electron chi connectivity index (χ0n) is 11.9. The van der Waals surface area contributed by atoms with E-state index in [1.165, 1.54) is 0 Å². The average molecular weight is 259 g/mol. The highest BCUT2D eigenvalue weighted by Gasteiger charge is 2.32. The van der Waals surface area contributed by atoms with Gasteiger partial charge in [-0.1, -0.05) is 37.3 Å². The third kappa shape index (κ3) is 3.34. The molecule has 2 N–H and O–H groups in total. The number of rotatable bonds is 2. The van der Waals surface area contributed by atoms with Crippen LogP contribution in [0.1, 0.15) is 39.2 Å². The van der Waals surface area contributed by atoms with Gasteiger partial charge in [0, 0.05) is 11.5 Å². The van der Waals surface area contributed by atoms with E-state index >= 15 is 0 Å². The highest BCUT2D eigenvalue weighted by Crippen LogP contribution is 2.23. The number of amides is 1. The minimum absolute atomic E-state index is 0.0388. The highest BCUT2D eigenvalue weighted by molar-refractivity contribution is 6.05. The monoisotopic (exact) mass is 259 g/mol. The third-order valence-corrected chi connectivity index (χ3v) is 3.07. The number of benzene rings is 1. The van der Waals surface area contributed by atoms with Crippen LogP contribution in [0, 0.1) is 0 Å². The van der Waals surface area contributed by atoms with Gasteiger partial charge in [0.1, 0.15) is 6.04 Å². The van der Waals surface area contributed by atoms with Crippen LogP contribution >= 0.6 is 0 Å². The van der Waals surface area contributed by atoms with E-state index < -0.39 is 0 Å². The molecule has 0 fully saturated rings. The summed E-state index contributed by atoms with van der Waals surface area (Å²) in [5, 5.41) is 6.01. The molecule has 0 aromatic heterocycles. The van der Waals surface area contributed by atoms with Crippen molar-refractivity contribution in [2.24, 2.45) is 4.99 Å². The quantitative estimate of drug-likeness (QED) is 0.854. The molecule has 102 valence electrons. The number of nitrogens with one attached hydrogen (secondary N) is 2. The van der Waals surface area contributed by atoms with Gasteiger partial charge in [0.15, 0.2) is 5.96 Å². The van der Waals surface area contributed by atoms with Crippen molar-refractivity contribution in [1.82, 2.24) is 10.6 Å². The van der Waals surface area contributed by atoms with Crippen molar-refractivity contribution in [3.63, 3.8) is 0 Å². The van der Waals surface area contributed by atoms with Crippen molar-refractivity contribution in [2.45, 2.75) is 45.2 Å². The summed E-state index contributed by atoms with van der Waals surface area (Å²) in [5.74, 6) is 0.605. The fraction of sp³-hybridized carbons (Fsp3) is 0.467. The standard InChI is InChI=1S/C15H21N3O/c1-10(11-8-6-5-7-9-11)12-13(19)17-14(16-12)18-15(2,3)4/h5-10,12H,1-4H3,(H2,16,17,18,19). The van der Waals surface area contributed by atoms with E-state index in [-0.39, 0.29) is 23.4 Å². The number of guanidine groups is 1. The van der Waals surface area contributed by atoms with Gasteiger partial charge in [-0.05, 0) is 26.3 Å². The minimum atomic E-state index is -0.354. The highest BCUT2D eigenvalue weighted by atomic mass is 16.2. The molecule has 1 heterocycles. The lowest BCUT2D eigenvalue weighted by Gasteiger charge is -2.21. The Bertz CT molecular complexity index is 488. The van der Waals surface area contributed by atoms with Crippen molar-refractivity contribution in [3.8, 4) is 0 Å². The molecule has 1 aromatic rings. The van der Waals surface area contributed by atoms with Gasteiger partial charge in [-0.2, -0.15) is 0 Å². The Morgan fingerprint density at radius 3 is 2.47 bits per heavy atom. The van der Waals surface area contributed by atoms with Gasteiger partial charge < -0.3 is 5.32 Å². The number of hydrogen-bond acceptors (Lipinski definition) is 3. The molecule has 2 atom stereocenters. The predicted molar refractivity (Wildman–Crippen MR) is 77.1 cm³/mol. The van der Waals surface area contributed by atoms with Gasteiger partial charge in [0.2, 0.25) is 0 Å². The van der Waals surface area contributed by atoms with Crippen LogP contribution in [0.2, 0.25) is 0 Å². The van der Waals surface area contributed by atoms with E-state index in [0.717, 1.165) is 5.56 Å². The first-order valence-electron chi connectivity index (χ1n) is 6.58. The second-order valence-corrected chi connectivity index (χ2v) is 5.99. The van der Waals surface area contributed by atoms with Crippen LogP contribution < -0.4 is 10.6 Å². The van der Waals surface area contributed by atoms with Crippen LogP contribution in [0.15, 0.2) is 35.3 Å². The molecule has 0 radical (unpaired) electrons. The zero-order valence-corrected chi connectivity index (χ0v) is 11.9. The number of carbonyl (C=O) groups is 1. The van der Waals surface area contributed by atoms with Crippen LogP contribution in [0.5, 0.6) is 0 Å². The summed E-state index contributed by atoms with van der Waals surface area (Å²) in [6.07, 6.45) is 0. The summed E-state index contributed by atoms with van der Waals surface area (Å²) >= 11 is 0. The predicted octanol–water partition coefficient (Wildman–Crippen LogP) is 2.03. The lowest BCUT2D eigenvalue weighted by molar-refractivity contribution is -0.120. The SMILES string of the molecule is CC(c1ccccc1)C1N=C(NC(C)(C)C)NC1=O. The number of aliphatic imine (C=N–C) groups is 1. The molecule has 1 aromatic carbocycles. The third-order valence-electron chi connectivity index (χ3n) is 3.07. The second kappa shape index (κ2) is 5.03. The fourth-order valence-corrected chi connectivity index (χ4v) is 2.12. The maximum absolute atomic E-state index is 12.0. The molecule has 0 bridgehead atoms. The van der Waals surface area contributed by atoms with Crippen LogP contribution in [0.25, 0.3) is 0 Å². The van der Waals surface area contributed by atoms with Crippen molar-refractivity contribution < 1.29 is 4.79 Å². The second-order valence-electron chi connectivity index (χ2n) is 5.99. The van der Waals surface area contributed by atoms with Crippen molar-refractivity contribution in [3.05, 3.63) is 35.9 Å². The van der Waals surface area contributed by atoms with E-state index in [0.29, 0.717) is 5.96 Å². The smallest absolute Gasteiger partial charge is 0.252 e. The van der Waals surface area contributed by atoms with Crippen LogP contribution in [-0.4, -0.2) is 23.4 Å². The molecule has 2 rings (SSSR count). The number of carbonyl (C=O) groups excluding carboxylic acids is 1. The Morgan fingerprint density at radius 2 is 1.89 bits per heavy atom. The van der Waals surface area contributed by atoms with Crippen molar-refractivity contribution in [1.29, 1.82) is 0 Å². The Morgan fingerprint density at radius 1 is 1.26 bits per heavy atom. The molecule has 1 aliphatic heterocycles. The Balaban J connectivity index is 2.14. The maximum atomic E-state index is 12.0. The van der Waals surface area contributed by atoms with E-state index in [4.69, 9.17) is 0 Å². The summed E-state index contributed by atoms with van der Waals surface area (Å²) < 4.78 is 0. The molecule has 19 heavy (non-hydrogen) atoms. The molecule has 1 amide bonds. The topological polar surface area (TPSA) is 53.5 Å². The molecule has 0 saturated heterocycles. The zero-order chi connectivity index (χ0) is 14.0. The van der Waals surface area contributed by atoms with Crippen LogP contribution in [0.3, 0.4) is 0 Å². The molecular weight excluding hydrogens is 238 g/mol. The average Bonchev–Trinajstić information content (AvgIpc) is 2.68. The molecule has 0 spiro atoms. The molecule has 1 aliphatic rings. The van der Waals surface area contributed by atoms with Gasteiger partial charge in [-0.3, -0.25) is 10.1 Å². The molecule has 0 aliphatic carbocycles. The number of hydrogen-bond donors (Lipinski definition) is 2. The Labute approximate surface area is 114 Å². The fourth-order valence-electron chi connectivity index (χ4n) is 2.12. The van der Waals surface area contributed by atoms with Gasteiger partial charge in [0.05, 0.1) is 0 Å². The largest absolute Gasteiger partial charge is 0.351 e. The first kappa shape index (κ1) is 13.6. The molecule has 0 saturated carbocycles. The van der Waals surface area contributed by atoms with E-state index in [1.54, 1.807) is 0 Å². The Kier molecular flexibility index (Phi) is 3.60. The summed E-state index contributed by atoms with van der Waals surface area (Å²) in [6, 6.07) is 9.65. The number of nitrogens with zero attached hydrogens (tertiary/aromatic N) is 1. The lowest BCUT2D eigenvalue weighted by Crippen LogP contribution is -2.46. The van der Waals surface area contributed by atoms with Crippen molar-refractivity contribution >= 4 is 11.9 Å². The van der Waals surface area contributed by atoms with E-state index in [2.05, 4.69) is 15.6 Å². The van der Waals surface area contributed by atoms with Gasteiger partial charge >= 0.3 is 0 Å². The molecular formula is C15H21N3O. The summed E-state index contributed by atoms with van der Waals surface area (Å²) in [5.41, 5.74) is 1.01. The normalized spacial score (nSPS) is 20.7. The lowest BCUT2D eigenvalue weighted by atomic mass is 9.94. The Hall–Kier alpha value is -1.84. The van der Waals surface area contributed by atoms with Crippen LogP contribution in [0.4, 0.5) is 0 Å². The first-order chi connectivity index (χ1) is 8.87. The van der Waals surface area contributed by atoms with E-state index in [9.17, 15) is 4.79 Å². The first-order valence-corrected chi connectivity index (χ1v) is 6.58. The maximum Gasteiger partial charge on any atom is 0.252 e. The summed E-state index contributed by atoms with van der Waals surface area (Å²) in [7, 11) is 0. The van der Waals surface area contributed by atoms with Gasteiger partial charge in [-0.25, -0.2) is 4.99 Å². The van der Waals surface area contributed by atoms with Crippen molar-refractivity contribution in [2.75, 3.05) is 0 Å². The summed E-state index contributed by atoms with van der Waals surface area (Å²) in [4.78, 5) is 16.5. The molecule has 2 unspecified atom stereocenters. The molecule has 4 heteroatoms. The van der Waals surface area contributed by atoms with Gasteiger partial charge in [0.25, 0.3) is 5.91 Å². The van der Waals surface area contributed by atoms with Crippen LogP contribution in [-0.2, 0) is 4.79 Å². The minimum Gasteiger partial charge on any atom is -0.351 e. The molecule has 4 nitrogen and oxygen atoms in total. The summed E-state index contributed by atoms with van der Waals surface area (Å²) in [6.45, 7) is 8.14. The van der Waals surface area contributed by atoms with E-state index in [1.807, 2.05) is 58.0 Å². The van der Waals surface area contributed by atoms with Gasteiger partial charge in [-0.15, -0.1) is 0 Å².